The second-order valence-corrected chi connectivity index (χ2v) is 7.01. The number of hydrazine groups is 1. The minimum atomic E-state index is -0.0184. The van der Waals surface area contributed by atoms with Crippen molar-refractivity contribution in [2.24, 2.45) is 0 Å². The molecule has 0 saturated carbocycles. The van der Waals surface area contributed by atoms with E-state index in [9.17, 15) is 4.79 Å². The van der Waals surface area contributed by atoms with Crippen LogP contribution in [0.15, 0.2) is 54.6 Å². The van der Waals surface area contributed by atoms with Gasteiger partial charge < -0.3 is 14.6 Å². The maximum absolute atomic E-state index is 12.8. The van der Waals surface area contributed by atoms with E-state index < -0.39 is 0 Å². The summed E-state index contributed by atoms with van der Waals surface area (Å²) in [6, 6.07) is 18.4. The van der Waals surface area contributed by atoms with Gasteiger partial charge in [0.25, 0.3) is 5.91 Å². The minimum absolute atomic E-state index is 0.0184. The number of hydrogen-bond donors (Lipinski definition) is 3. The van der Waals surface area contributed by atoms with Crippen molar-refractivity contribution >= 4 is 16.8 Å². The van der Waals surface area contributed by atoms with Crippen LogP contribution in [0.2, 0.25) is 0 Å². The zero-order valence-corrected chi connectivity index (χ0v) is 15.5. The Bertz CT molecular complexity index is 938. The Hall–Kier alpha value is -2.83. The van der Waals surface area contributed by atoms with Gasteiger partial charge in [-0.2, -0.15) is 0 Å². The summed E-state index contributed by atoms with van der Waals surface area (Å²) in [5.41, 5.74) is 9.42. The van der Waals surface area contributed by atoms with Crippen molar-refractivity contribution < 1.29 is 9.53 Å². The first-order valence-corrected chi connectivity index (χ1v) is 9.12. The largest absolute Gasteiger partial charge is 0.497 e. The highest BCUT2D eigenvalue weighted by molar-refractivity contribution is 5.98. The lowest BCUT2D eigenvalue weighted by Crippen LogP contribution is -2.41. The highest BCUT2D eigenvalue weighted by atomic mass is 16.5. The molecule has 0 bridgehead atoms. The Morgan fingerprint density at radius 3 is 2.74 bits per heavy atom. The maximum Gasteiger partial charge on any atom is 0.270 e. The summed E-state index contributed by atoms with van der Waals surface area (Å²) >= 11 is 0. The number of likely N-dealkylation sites (N-methyl/N-ethyl adjacent to an activating group) is 1. The number of fused-ring (bicyclic) bond motifs is 1. The zero-order chi connectivity index (χ0) is 18.8. The number of methoxy groups -OCH3 is 1. The van der Waals surface area contributed by atoms with E-state index in [2.05, 4.69) is 28.0 Å². The second-order valence-electron chi connectivity index (χ2n) is 7.01. The number of hydrogen-bond acceptors (Lipinski definition) is 4. The summed E-state index contributed by atoms with van der Waals surface area (Å²) < 4.78 is 5.25. The number of aromatic amines is 1. The second kappa shape index (κ2) is 7.42. The molecule has 1 aliphatic rings. The van der Waals surface area contributed by atoms with E-state index in [-0.39, 0.29) is 18.0 Å². The van der Waals surface area contributed by atoms with Crippen molar-refractivity contribution in [1.82, 2.24) is 20.7 Å². The van der Waals surface area contributed by atoms with Gasteiger partial charge in [-0.05, 0) is 36.2 Å². The third-order valence-corrected chi connectivity index (χ3v) is 5.08. The van der Waals surface area contributed by atoms with E-state index in [0.29, 0.717) is 12.2 Å². The smallest absolute Gasteiger partial charge is 0.270 e. The van der Waals surface area contributed by atoms with Gasteiger partial charge in [0.1, 0.15) is 11.4 Å². The molecule has 1 aromatic heterocycles. The van der Waals surface area contributed by atoms with Crippen molar-refractivity contribution in [3.8, 4) is 5.75 Å². The minimum Gasteiger partial charge on any atom is -0.497 e. The van der Waals surface area contributed by atoms with Crippen LogP contribution in [0.5, 0.6) is 5.75 Å². The molecule has 1 amide bonds. The molecule has 3 N–H and O–H groups in total. The van der Waals surface area contributed by atoms with Gasteiger partial charge in [0.05, 0.1) is 7.11 Å². The Morgan fingerprint density at radius 1 is 1.15 bits per heavy atom. The van der Waals surface area contributed by atoms with Crippen LogP contribution in [-0.2, 0) is 0 Å². The van der Waals surface area contributed by atoms with Gasteiger partial charge in [-0.15, -0.1) is 0 Å². The molecule has 2 atom stereocenters. The number of carbonyl (C=O) groups excluding carboxylic acids is 1. The number of nitrogens with one attached hydrogen (secondary N) is 3. The molecule has 0 aliphatic carbocycles. The van der Waals surface area contributed by atoms with Crippen LogP contribution in [-0.4, -0.2) is 42.5 Å². The fraction of sp³-hybridized carbons (Fsp3) is 0.286. The topological polar surface area (TPSA) is 69.4 Å². The van der Waals surface area contributed by atoms with Crippen molar-refractivity contribution in [3.63, 3.8) is 0 Å². The Morgan fingerprint density at radius 2 is 1.96 bits per heavy atom. The van der Waals surface area contributed by atoms with E-state index >= 15 is 0 Å². The average Bonchev–Trinajstić information content (AvgIpc) is 3.34. The standard InChI is InChI=1S/C21H24N4O2/c1-25(13-16-12-19(24-23-16)14-6-4-3-5-7-14)21(26)20-11-15-10-17(27-2)8-9-18(15)22-20/h3-11,16,19,22-24H,12-13H2,1-2H3. The molecule has 1 fully saturated rings. The summed E-state index contributed by atoms with van der Waals surface area (Å²) in [6.07, 6.45) is 0.936. The molecule has 2 heterocycles. The molecular weight excluding hydrogens is 340 g/mol. The number of benzene rings is 2. The van der Waals surface area contributed by atoms with Gasteiger partial charge in [0.15, 0.2) is 0 Å². The van der Waals surface area contributed by atoms with Crippen LogP contribution in [0.1, 0.15) is 28.5 Å². The molecule has 140 valence electrons. The van der Waals surface area contributed by atoms with Gasteiger partial charge >= 0.3 is 0 Å². The number of nitrogens with zero attached hydrogens (tertiary/aromatic N) is 1. The van der Waals surface area contributed by atoms with E-state index in [0.717, 1.165) is 23.1 Å². The lowest BCUT2D eigenvalue weighted by Gasteiger charge is -2.20. The molecule has 3 aromatic rings. The fourth-order valence-electron chi connectivity index (χ4n) is 3.62. The first-order chi connectivity index (χ1) is 13.1. The molecule has 2 unspecified atom stereocenters. The van der Waals surface area contributed by atoms with E-state index in [4.69, 9.17) is 4.74 Å². The molecule has 6 nitrogen and oxygen atoms in total. The lowest BCUT2D eigenvalue weighted by atomic mass is 10.0. The molecule has 6 heteroatoms. The molecule has 27 heavy (non-hydrogen) atoms. The van der Waals surface area contributed by atoms with Gasteiger partial charge in [-0.25, -0.2) is 5.43 Å². The quantitative estimate of drug-likeness (QED) is 0.651. The van der Waals surface area contributed by atoms with Gasteiger partial charge in [0.2, 0.25) is 0 Å². The molecule has 1 saturated heterocycles. The summed E-state index contributed by atoms with van der Waals surface area (Å²) in [7, 11) is 3.48. The van der Waals surface area contributed by atoms with Gasteiger partial charge in [0, 0.05) is 36.6 Å². The van der Waals surface area contributed by atoms with E-state index in [1.165, 1.54) is 5.56 Å². The SMILES string of the molecule is COc1ccc2[nH]c(C(=O)N(C)CC3CC(c4ccccc4)NN3)cc2c1. The summed E-state index contributed by atoms with van der Waals surface area (Å²) in [4.78, 5) is 17.8. The zero-order valence-electron chi connectivity index (χ0n) is 15.5. The lowest BCUT2D eigenvalue weighted by molar-refractivity contribution is 0.0778. The Balaban J connectivity index is 1.41. The van der Waals surface area contributed by atoms with Crippen LogP contribution < -0.4 is 15.6 Å². The van der Waals surface area contributed by atoms with Crippen LogP contribution in [0.3, 0.4) is 0 Å². The van der Waals surface area contributed by atoms with Crippen molar-refractivity contribution in [1.29, 1.82) is 0 Å². The van der Waals surface area contributed by atoms with Crippen LogP contribution >= 0.6 is 0 Å². The number of ether oxygens (including phenoxy) is 1. The summed E-state index contributed by atoms with van der Waals surface area (Å²) in [5.74, 6) is 0.761. The predicted molar refractivity (Wildman–Crippen MR) is 106 cm³/mol. The first kappa shape index (κ1) is 17.6. The number of rotatable bonds is 5. The average molecular weight is 364 g/mol. The van der Waals surface area contributed by atoms with Crippen LogP contribution in [0.4, 0.5) is 0 Å². The van der Waals surface area contributed by atoms with Crippen LogP contribution in [0, 0.1) is 0 Å². The summed E-state index contributed by atoms with van der Waals surface area (Å²) in [5, 5.41) is 0.968. The molecule has 2 aromatic carbocycles. The Labute approximate surface area is 158 Å². The Kier molecular flexibility index (Phi) is 4.83. The first-order valence-electron chi connectivity index (χ1n) is 9.12. The fourth-order valence-corrected chi connectivity index (χ4v) is 3.62. The third-order valence-electron chi connectivity index (χ3n) is 5.08. The monoisotopic (exact) mass is 364 g/mol. The number of carbonyl (C=O) groups is 1. The van der Waals surface area contributed by atoms with E-state index in [1.807, 2.05) is 49.5 Å². The normalized spacial score (nSPS) is 19.3. The van der Waals surface area contributed by atoms with Crippen molar-refractivity contribution in [3.05, 3.63) is 65.9 Å². The molecule has 0 spiro atoms. The van der Waals surface area contributed by atoms with Crippen LogP contribution in [0.25, 0.3) is 10.9 Å². The number of amides is 1. The predicted octanol–water partition coefficient (Wildman–Crippen LogP) is 2.86. The number of aromatic nitrogens is 1. The maximum atomic E-state index is 12.8. The van der Waals surface area contributed by atoms with Crippen molar-refractivity contribution in [2.45, 2.75) is 18.5 Å². The summed E-state index contributed by atoms with van der Waals surface area (Å²) in [6.45, 7) is 0.633. The molecular formula is C21H24N4O2. The third kappa shape index (κ3) is 3.67. The molecule has 4 rings (SSSR count). The number of H-pyrrole nitrogens is 1. The van der Waals surface area contributed by atoms with Crippen molar-refractivity contribution in [2.75, 3.05) is 20.7 Å². The van der Waals surface area contributed by atoms with Gasteiger partial charge in [-0.3, -0.25) is 10.2 Å². The highest BCUT2D eigenvalue weighted by Crippen LogP contribution is 2.24. The molecule has 1 aliphatic heterocycles. The van der Waals surface area contributed by atoms with Gasteiger partial charge in [-0.1, -0.05) is 30.3 Å². The van der Waals surface area contributed by atoms with E-state index in [1.54, 1.807) is 12.0 Å². The molecule has 0 radical (unpaired) electrons. The highest BCUT2D eigenvalue weighted by Gasteiger charge is 2.27.